The number of nitrogens with zero attached hydrogens (tertiary/aromatic N) is 2. The summed E-state index contributed by atoms with van der Waals surface area (Å²) < 4.78 is 27.3. The van der Waals surface area contributed by atoms with Crippen molar-refractivity contribution in [2.75, 3.05) is 5.32 Å². The van der Waals surface area contributed by atoms with E-state index in [1.165, 1.54) is 18.2 Å². The van der Waals surface area contributed by atoms with Gasteiger partial charge in [-0.2, -0.15) is 0 Å². The Labute approximate surface area is 144 Å². The lowest BCUT2D eigenvalue weighted by molar-refractivity contribution is -0.115. The lowest BCUT2D eigenvalue weighted by Gasteiger charge is -2.10. The Kier molecular flexibility index (Phi) is 5.18. The third-order valence-corrected chi connectivity index (χ3v) is 3.76. The van der Waals surface area contributed by atoms with Gasteiger partial charge in [0.05, 0.1) is 12.7 Å². The van der Waals surface area contributed by atoms with Gasteiger partial charge in [-0.3, -0.25) is 4.79 Å². The molecule has 25 heavy (non-hydrogen) atoms. The van der Waals surface area contributed by atoms with Gasteiger partial charge in [0.1, 0.15) is 0 Å². The number of hydrogen-bond donors (Lipinski definition) is 1. The highest BCUT2D eigenvalue weighted by Crippen LogP contribution is 2.21. The van der Waals surface area contributed by atoms with Gasteiger partial charge in [0.25, 0.3) is 6.43 Å². The Morgan fingerprint density at radius 1 is 1.12 bits per heavy atom. The van der Waals surface area contributed by atoms with E-state index in [1.807, 2.05) is 34.9 Å². The number of nitrogens with one attached hydrogen (secondary N) is 1. The van der Waals surface area contributed by atoms with Crippen molar-refractivity contribution in [3.8, 4) is 0 Å². The maximum Gasteiger partial charge on any atom is 0.263 e. The Balaban J connectivity index is 1.66. The molecule has 0 atom stereocenters. The minimum absolute atomic E-state index is 0.117. The first-order chi connectivity index (χ1) is 12.1. The topological polar surface area (TPSA) is 46.9 Å². The molecule has 0 radical (unpaired) electrons. The molecule has 128 valence electrons. The van der Waals surface area contributed by atoms with E-state index < -0.39 is 6.43 Å². The molecule has 3 aromatic rings. The molecule has 0 aliphatic heterocycles. The number of imidazole rings is 1. The smallest absolute Gasteiger partial charge is 0.263 e. The summed E-state index contributed by atoms with van der Waals surface area (Å²) in [6.07, 6.45) is 0.862. The lowest BCUT2D eigenvalue weighted by Crippen LogP contribution is -2.17. The summed E-state index contributed by atoms with van der Waals surface area (Å²) in [5.74, 6) is -0.277. The highest BCUT2D eigenvalue weighted by atomic mass is 19.3. The predicted molar refractivity (Wildman–Crippen MR) is 91.5 cm³/mol. The zero-order valence-electron chi connectivity index (χ0n) is 13.4. The van der Waals surface area contributed by atoms with Gasteiger partial charge < -0.3 is 9.88 Å². The van der Waals surface area contributed by atoms with Crippen molar-refractivity contribution in [1.29, 1.82) is 0 Å². The zero-order chi connectivity index (χ0) is 17.6. The minimum atomic E-state index is -2.57. The first-order valence-corrected chi connectivity index (χ1v) is 7.83. The van der Waals surface area contributed by atoms with Crippen LogP contribution in [0, 0.1) is 0 Å². The van der Waals surface area contributed by atoms with Crippen LogP contribution in [-0.2, 0) is 17.8 Å². The van der Waals surface area contributed by atoms with Crippen molar-refractivity contribution in [1.82, 2.24) is 9.55 Å². The van der Waals surface area contributed by atoms with Crippen molar-refractivity contribution in [2.45, 2.75) is 19.4 Å². The van der Waals surface area contributed by atoms with Crippen molar-refractivity contribution < 1.29 is 13.6 Å². The van der Waals surface area contributed by atoms with E-state index in [2.05, 4.69) is 10.3 Å². The van der Waals surface area contributed by atoms with Crippen LogP contribution in [0.2, 0.25) is 0 Å². The number of alkyl halides is 2. The molecular formula is C19H17F2N3O. The number of hydrogen-bond acceptors (Lipinski definition) is 2. The Morgan fingerprint density at radius 3 is 2.68 bits per heavy atom. The van der Waals surface area contributed by atoms with Crippen LogP contribution >= 0.6 is 0 Å². The van der Waals surface area contributed by atoms with Crippen LogP contribution in [0.3, 0.4) is 0 Å². The Hall–Kier alpha value is -3.02. The van der Waals surface area contributed by atoms with Crippen LogP contribution in [0.15, 0.2) is 67.1 Å². The number of rotatable bonds is 6. The molecule has 6 heteroatoms. The molecule has 0 spiro atoms. The second kappa shape index (κ2) is 7.70. The fraction of sp³-hybridized carbons (Fsp3) is 0.158. The highest BCUT2D eigenvalue weighted by Gasteiger charge is 2.11. The predicted octanol–water partition coefficient (Wildman–Crippen LogP) is 4.05. The normalized spacial score (nSPS) is 10.8. The number of halogens is 2. The molecule has 0 saturated heterocycles. The fourth-order valence-electron chi connectivity index (χ4n) is 2.54. The summed E-state index contributed by atoms with van der Waals surface area (Å²) in [7, 11) is 0. The summed E-state index contributed by atoms with van der Waals surface area (Å²) in [4.78, 5) is 16.3. The maximum absolute atomic E-state index is 12.7. The highest BCUT2D eigenvalue weighted by molar-refractivity contribution is 5.92. The molecular weight excluding hydrogens is 324 g/mol. The largest absolute Gasteiger partial charge is 0.330 e. The van der Waals surface area contributed by atoms with Crippen LogP contribution in [0.25, 0.3) is 0 Å². The standard InChI is InChI=1S/C19H17F2N3O/c20-19(21)15-7-4-8-16(9-15)23-18(25)10-17-11-22-13-24(17)12-14-5-2-1-3-6-14/h1-9,11,13,19H,10,12H2,(H,23,25). The third-order valence-electron chi connectivity index (χ3n) is 3.76. The average molecular weight is 341 g/mol. The van der Waals surface area contributed by atoms with Crippen molar-refractivity contribution in [2.24, 2.45) is 0 Å². The second-order valence-corrected chi connectivity index (χ2v) is 5.65. The summed E-state index contributed by atoms with van der Waals surface area (Å²) in [6.45, 7) is 0.615. The van der Waals surface area contributed by atoms with Gasteiger partial charge in [0.2, 0.25) is 5.91 Å². The zero-order valence-corrected chi connectivity index (χ0v) is 13.4. The third kappa shape index (κ3) is 4.50. The molecule has 0 bridgehead atoms. The molecule has 0 aliphatic rings. The molecule has 0 fully saturated rings. The van der Waals surface area contributed by atoms with Gasteiger partial charge >= 0.3 is 0 Å². The molecule has 2 aromatic carbocycles. The van der Waals surface area contributed by atoms with E-state index >= 15 is 0 Å². The van der Waals surface area contributed by atoms with Crippen LogP contribution in [-0.4, -0.2) is 15.5 Å². The first-order valence-electron chi connectivity index (χ1n) is 7.83. The van der Waals surface area contributed by atoms with Gasteiger partial charge in [-0.15, -0.1) is 0 Å². The van der Waals surface area contributed by atoms with E-state index in [1.54, 1.807) is 18.6 Å². The van der Waals surface area contributed by atoms with E-state index in [9.17, 15) is 13.6 Å². The Bertz CT molecular complexity index is 847. The molecule has 1 aromatic heterocycles. The van der Waals surface area contributed by atoms with Gasteiger partial charge in [0, 0.05) is 29.7 Å². The number of carbonyl (C=O) groups is 1. The Morgan fingerprint density at radius 2 is 1.92 bits per heavy atom. The summed E-state index contributed by atoms with van der Waals surface area (Å²) in [5.41, 5.74) is 2.10. The molecule has 0 unspecified atom stereocenters. The SMILES string of the molecule is O=C(Cc1cncn1Cc1ccccc1)Nc1cccc(C(F)F)c1. The lowest BCUT2D eigenvalue weighted by atomic mass is 10.2. The van der Waals surface area contributed by atoms with E-state index in [0.717, 1.165) is 11.3 Å². The molecule has 0 saturated carbocycles. The molecule has 1 N–H and O–H groups in total. The van der Waals surface area contributed by atoms with Crippen LogP contribution in [0.5, 0.6) is 0 Å². The van der Waals surface area contributed by atoms with Gasteiger partial charge in [-0.25, -0.2) is 13.8 Å². The average Bonchev–Trinajstić information content (AvgIpc) is 3.02. The van der Waals surface area contributed by atoms with E-state index in [0.29, 0.717) is 12.2 Å². The van der Waals surface area contributed by atoms with Gasteiger partial charge in [-0.1, -0.05) is 42.5 Å². The van der Waals surface area contributed by atoms with Crippen LogP contribution < -0.4 is 5.32 Å². The van der Waals surface area contributed by atoms with Crippen molar-refractivity contribution in [3.63, 3.8) is 0 Å². The number of carbonyl (C=O) groups excluding carboxylic acids is 1. The number of benzene rings is 2. The number of amides is 1. The van der Waals surface area contributed by atoms with E-state index in [4.69, 9.17) is 0 Å². The fourth-order valence-corrected chi connectivity index (χ4v) is 2.54. The number of aromatic nitrogens is 2. The summed E-state index contributed by atoms with van der Waals surface area (Å²) in [6, 6.07) is 15.5. The molecule has 0 aliphatic carbocycles. The summed E-state index contributed by atoms with van der Waals surface area (Å²) in [5, 5.41) is 2.65. The van der Waals surface area contributed by atoms with Crippen LogP contribution in [0.4, 0.5) is 14.5 Å². The second-order valence-electron chi connectivity index (χ2n) is 5.65. The minimum Gasteiger partial charge on any atom is -0.330 e. The molecule has 3 rings (SSSR count). The van der Waals surface area contributed by atoms with Gasteiger partial charge in [0.15, 0.2) is 0 Å². The van der Waals surface area contributed by atoms with Crippen molar-refractivity contribution in [3.05, 3.63) is 83.9 Å². The monoisotopic (exact) mass is 341 g/mol. The van der Waals surface area contributed by atoms with Crippen LogP contribution in [0.1, 0.15) is 23.2 Å². The van der Waals surface area contributed by atoms with Gasteiger partial charge in [-0.05, 0) is 17.7 Å². The quantitative estimate of drug-likeness (QED) is 0.735. The molecule has 1 amide bonds. The van der Waals surface area contributed by atoms with Crippen molar-refractivity contribution >= 4 is 11.6 Å². The first kappa shape index (κ1) is 16.8. The molecule has 4 nitrogen and oxygen atoms in total. The number of anilines is 1. The summed E-state index contributed by atoms with van der Waals surface area (Å²) >= 11 is 0. The van der Waals surface area contributed by atoms with E-state index in [-0.39, 0.29) is 17.9 Å². The molecule has 1 heterocycles. The maximum atomic E-state index is 12.7.